The lowest BCUT2D eigenvalue weighted by atomic mass is 9.78. The molecule has 1 aliphatic rings. The van der Waals surface area contributed by atoms with E-state index in [1.807, 2.05) is 6.92 Å². The smallest absolute Gasteiger partial charge is 0.317 e. The van der Waals surface area contributed by atoms with Gasteiger partial charge in [-0.2, -0.15) is 0 Å². The van der Waals surface area contributed by atoms with Gasteiger partial charge in [-0.3, -0.25) is 9.59 Å². The Hall–Kier alpha value is -1.79. The Labute approximate surface area is 118 Å². The number of likely N-dealkylation sites (tertiary alicyclic amines) is 1. The van der Waals surface area contributed by atoms with Crippen LogP contribution in [0.1, 0.15) is 33.1 Å². The molecule has 1 heterocycles. The minimum atomic E-state index is -0.837. The number of hydrogen-bond acceptors (Lipinski definition) is 3. The summed E-state index contributed by atoms with van der Waals surface area (Å²) in [6, 6.07) is -0.269. The van der Waals surface area contributed by atoms with Crippen LogP contribution in [-0.2, 0) is 9.59 Å². The SMILES string of the molecule is CCC1(C(=O)O)CCCN(C(=O)NCCNC(C)=O)C1. The third-order valence-corrected chi connectivity index (χ3v) is 3.77. The van der Waals surface area contributed by atoms with E-state index in [0.717, 1.165) is 0 Å². The van der Waals surface area contributed by atoms with Gasteiger partial charge in [0.2, 0.25) is 5.91 Å². The molecule has 3 N–H and O–H groups in total. The third kappa shape index (κ3) is 4.11. The highest BCUT2D eigenvalue weighted by Crippen LogP contribution is 2.33. The molecule has 7 heteroatoms. The summed E-state index contributed by atoms with van der Waals surface area (Å²) in [6.45, 7) is 4.76. The van der Waals surface area contributed by atoms with Crippen LogP contribution in [0.25, 0.3) is 0 Å². The molecule has 1 fully saturated rings. The first-order valence-electron chi connectivity index (χ1n) is 6.92. The van der Waals surface area contributed by atoms with Crippen LogP contribution < -0.4 is 10.6 Å². The van der Waals surface area contributed by atoms with Gasteiger partial charge in [-0.15, -0.1) is 0 Å². The summed E-state index contributed by atoms with van der Waals surface area (Å²) in [5, 5.41) is 14.6. The van der Waals surface area contributed by atoms with Gasteiger partial charge in [0.05, 0.1) is 5.41 Å². The van der Waals surface area contributed by atoms with Crippen LogP contribution >= 0.6 is 0 Å². The summed E-state index contributed by atoms with van der Waals surface area (Å²) < 4.78 is 0. The molecule has 0 aromatic heterocycles. The number of hydrogen-bond donors (Lipinski definition) is 3. The minimum Gasteiger partial charge on any atom is -0.481 e. The highest BCUT2D eigenvalue weighted by Gasteiger charge is 2.42. The highest BCUT2D eigenvalue weighted by atomic mass is 16.4. The highest BCUT2D eigenvalue weighted by molar-refractivity contribution is 5.79. The molecule has 1 atom stereocenters. The van der Waals surface area contributed by atoms with E-state index >= 15 is 0 Å². The van der Waals surface area contributed by atoms with Crippen molar-refractivity contribution in [2.75, 3.05) is 26.2 Å². The van der Waals surface area contributed by atoms with Crippen molar-refractivity contribution in [2.45, 2.75) is 33.1 Å². The molecule has 0 aromatic carbocycles. The summed E-state index contributed by atoms with van der Waals surface area (Å²) in [7, 11) is 0. The van der Waals surface area contributed by atoms with E-state index in [4.69, 9.17) is 0 Å². The van der Waals surface area contributed by atoms with E-state index in [-0.39, 0.29) is 18.5 Å². The molecule has 0 aliphatic carbocycles. The van der Waals surface area contributed by atoms with Crippen LogP contribution in [0.15, 0.2) is 0 Å². The van der Waals surface area contributed by atoms with E-state index in [9.17, 15) is 19.5 Å². The summed E-state index contributed by atoms with van der Waals surface area (Å²) in [5.41, 5.74) is -0.826. The van der Waals surface area contributed by atoms with Crippen LogP contribution in [0.4, 0.5) is 4.79 Å². The average molecular weight is 285 g/mol. The first-order chi connectivity index (χ1) is 9.41. The second kappa shape index (κ2) is 7.12. The summed E-state index contributed by atoms with van der Waals surface area (Å²) in [4.78, 5) is 35.6. The van der Waals surface area contributed by atoms with Gasteiger partial charge >= 0.3 is 12.0 Å². The lowest BCUT2D eigenvalue weighted by molar-refractivity contribution is -0.152. The van der Waals surface area contributed by atoms with Gasteiger partial charge in [0.25, 0.3) is 0 Å². The molecule has 1 unspecified atom stereocenters. The maximum Gasteiger partial charge on any atom is 0.317 e. The fraction of sp³-hybridized carbons (Fsp3) is 0.769. The molecule has 114 valence electrons. The van der Waals surface area contributed by atoms with Gasteiger partial charge in [-0.25, -0.2) is 4.79 Å². The molecule has 0 spiro atoms. The van der Waals surface area contributed by atoms with Crippen LogP contribution in [0.2, 0.25) is 0 Å². The molecule has 1 rings (SSSR count). The van der Waals surface area contributed by atoms with Gasteiger partial charge in [0, 0.05) is 33.1 Å². The second-order valence-electron chi connectivity index (χ2n) is 5.18. The van der Waals surface area contributed by atoms with Crippen LogP contribution in [0, 0.1) is 5.41 Å². The van der Waals surface area contributed by atoms with Gasteiger partial charge in [-0.1, -0.05) is 6.92 Å². The molecular formula is C13H23N3O4. The number of piperidine rings is 1. The van der Waals surface area contributed by atoms with Crippen molar-refractivity contribution < 1.29 is 19.5 Å². The number of carboxylic acid groups (broad SMARTS) is 1. The lowest BCUT2D eigenvalue weighted by Crippen LogP contribution is -2.53. The zero-order chi connectivity index (χ0) is 15.2. The standard InChI is InChI=1S/C13H23N3O4/c1-3-13(11(18)19)5-4-8-16(9-13)12(20)15-7-6-14-10(2)17/h3-9H2,1-2H3,(H,14,17)(H,15,20)(H,18,19). The fourth-order valence-electron chi connectivity index (χ4n) is 2.44. The Morgan fingerprint density at radius 1 is 1.25 bits per heavy atom. The van der Waals surface area contributed by atoms with Crippen molar-refractivity contribution in [1.82, 2.24) is 15.5 Å². The van der Waals surface area contributed by atoms with E-state index in [1.165, 1.54) is 6.92 Å². The normalized spacial score (nSPS) is 22.2. The average Bonchev–Trinajstić information content (AvgIpc) is 2.42. The summed E-state index contributed by atoms with van der Waals surface area (Å²) in [5.74, 6) is -0.983. The first kappa shape index (κ1) is 16.3. The van der Waals surface area contributed by atoms with Crippen LogP contribution in [0.3, 0.4) is 0 Å². The Bertz CT molecular complexity index is 386. The number of nitrogens with zero attached hydrogens (tertiary/aromatic N) is 1. The van der Waals surface area contributed by atoms with Crippen LogP contribution in [0.5, 0.6) is 0 Å². The van der Waals surface area contributed by atoms with Crippen molar-refractivity contribution >= 4 is 17.9 Å². The fourth-order valence-corrected chi connectivity index (χ4v) is 2.44. The van der Waals surface area contributed by atoms with E-state index < -0.39 is 11.4 Å². The first-order valence-corrected chi connectivity index (χ1v) is 6.92. The van der Waals surface area contributed by atoms with Gasteiger partial charge < -0.3 is 20.6 Å². The third-order valence-electron chi connectivity index (χ3n) is 3.77. The van der Waals surface area contributed by atoms with Crippen molar-refractivity contribution in [3.8, 4) is 0 Å². The molecule has 20 heavy (non-hydrogen) atoms. The predicted octanol–water partition coefficient (Wildman–Crippen LogP) is 0.409. The van der Waals surface area contributed by atoms with E-state index in [1.54, 1.807) is 4.90 Å². The Balaban J connectivity index is 2.48. The molecular weight excluding hydrogens is 262 g/mol. The topological polar surface area (TPSA) is 98.7 Å². The second-order valence-corrected chi connectivity index (χ2v) is 5.18. The monoisotopic (exact) mass is 285 g/mol. The summed E-state index contributed by atoms with van der Waals surface area (Å²) in [6.07, 6.45) is 1.81. The van der Waals surface area contributed by atoms with Crippen molar-refractivity contribution in [3.05, 3.63) is 0 Å². The maximum absolute atomic E-state index is 12.0. The van der Waals surface area contributed by atoms with Gasteiger partial charge in [-0.05, 0) is 19.3 Å². The molecule has 0 radical (unpaired) electrons. The molecule has 7 nitrogen and oxygen atoms in total. The molecule has 3 amide bonds. The molecule has 0 aromatic rings. The van der Waals surface area contributed by atoms with Gasteiger partial charge in [0.15, 0.2) is 0 Å². The maximum atomic E-state index is 12.0. The molecule has 0 bridgehead atoms. The molecule has 1 aliphatic heterocycles. The van der Waals surface area contributed by atoms with E-state index in [2.05, 4.69) is 10.6 Å². The number of aliphatic carboxylic acids is 1. The number of rotatable bonds is 5. The minimum absolute atomic E-state index is 0.145. The number of urea groups is 1. The van der Waals surface area contributed by atoms with Gasteiger partial charge in [0.1, 0.15) is 0 Å². The van der Waals surface area contributed by atoms with Crippen molar-refractivity contribution in [1.29, 1.82) is 0 Å². The van der Waals surface area contributed by atoms with Crippen LogP contribution in [-0.4, -0.2) is 54.1 Å². The van der Waals surface area contributed by atoms with E-state index in [0.29, 0.717) is 38.9 Å². The zero-order valence-corrected chi connectivity index (χ0v) is 12.1. The number of nitrogens with one attached hydrogen (secondary N) is 2. The zero-order valence-electron chi connectivity index (χ0n) is 12.1. The Morgan fingerprint density at radius 3 is 2.45 bits per heavy atom. The molecule has 0 saturated carbocycles. The Kier molecular flexibility index (Phi) is 5.79. The van der Waals surface area contributed by atoms with Crippen molar-refractivity contribution in [3.63, 3.8) is 0 Å². The predicted molar refractivity (Wildman–Crippen MR) is 73.2 cm³/mol. The number of amides is 3. The largest absolute Gasteiger partial charge is 0.481 e. The number of carbonyl (C=O) groups excluding carboxylic acids is 2. The lowest BCUT2D eigenvalue weighted by Gasteiger charge is -2.39. The summed E-state index contributed by atoms with van der Waals surface area (Å²) >= 11 is 0. The quantitative estimate of drug-likeness (QED) is 0.637. The number of carbonyl (C=O) groups is 3. The van der Waals surface area contributed by atoms with Crippen molar-refractivity contribution in [2.24, 2.45) is 5.41 Å². The molecule has 1 saturated heterocycles. The Morgan fingerprint density at radius 2 is 1.90 bits per heavy atom. The number of carboxylic acids is 1.